The summed E-state index contributed by atoms with van der Waals surface area (Å²) in [5, 5.41) is 6.20. The Labute approximate surface area is 91.4 Å². The van der Waals surface area contributed by atoms with Crippen molar-refractivity contribution < 1.29 is 4.79 Å². The number of nitrogens with one attached hydrogen (secondary N) is 2. The van der Waals surface area contributed by atoms with Crippen LogP contribution in [0.4, 0.5) is 4.79 Å². The average molecular weight is 214 g/mol. The van der Waals surface area contributed by atoms with Crippen LogP contribution in [0.5, 0.6) is 0 Å². The molecule has 5 nitrogen and oxygen atoms in total. The van der Waals surface area contributed by atoms with Crippen molar-refractivity contribution in [3.63, 3.8) is 0 Å². The van der Waals surface area contributed by atoms with Crippen LogP contribution >= 0.6 is 0 Å². The predicted octanol–water partition coefficient (Wildman–Crippen LogP) is -0.273. The number of amides is 2. The van der Waals surface area contributed by atoms with Crippen molar-refractivity contribution in [2.24, 2.45) is 5.73 Å². The van der Waals surface area contributed by atoms with Crippen LogP contribution in [0, 0.1) is 0 Å². The van der Waals surface area contributed by atoms with Gasteiger partial charge >= 0.3 is 6.03 Å². The highest BCUT2D eigenvalue weighted by molar-refractivity contribution is 5.73. The van der Waals surface area contributed by atoms with E-state index in [0.29, 0.717) is 18.6 Å². The maximum Gasteiger partial charge on any atom is 0.316 e. The van der Waals surface area contributed by atoms with Crippen molar-refractivity contribution >= 4 is 6.03 Å². The monoisotopic (exact) mass is 214 g/mol. The third-order valence-electron chi connectivity index (χ3n) is 2.71. The number of rotatable bonds is 4. The fourth-order valence-corrected chi connectivity index (χ4v) is 1.81. The van der Waals surface area contributed by atoms with E-state index < -0.39 is 0 Å². The molecular weight excluding hydrogens is 192 g/mol. The zero-order valence-electron chi connectivity index (χ0n) is 9.62. The molecule has 15 heavy (non-hydrogen) atoms. The van der Waals surface area contributed by atoms with Gasteiger partial charge in [0.25, 0.3) is 0 Å². The van der Waals surface area contributed by atoms with Gasteiger partial charge in [-0.2, -0.15) is 0 Å². The summed E-state index contributed by atoms with van der Waals surface area (Å²) in [6.07, 6.45) is 3.33. The van der Waals surface area contributed by atoms with E-state index in [1.807, 2.05) is 0 Å². The quantitative estimate of drug-likeness (QED) is 0.564. The number of hydrogen-bond donors (Lipinski definition) is 3. The number of hydrogen-bond acceptors (Lipinski definition) is 3. The first kappa shape index (κ1) is 12.3. The highest BCUT2D eigenvalue weighted by atomic mass is 16.2. The van der Waals surface area contributed by atoms with E-state index in [4.69, 9.17) is 5.73 Å². The Bertz CT molecular complexity index is 208. The molecule has 0 spiro atoms. The fraction of sp³-hybridized carbons (Fsp3) is 0.900. The van der Waals surface area contributed by atoms with Gasteiger partial charge in [-0.3, -0.25) is 0 Å². The number of carbonyl (C=O) groups is 1. The lowest BCUT2D eigenvalue weighted by atomic mass is 10.2. The first-order valence-electron chi connectivity index (χ1n) is 5.53. The van der Waals surface area contributed by atoms with Gasteiger partial charge in [0.15, 0.2) is 0 Å². The van der Waals surface area contributed by atoms with Crippen molar-refractivity contribution in [3.05, 3.63) is 0 Å². The number of nitrogens with zero attached hydrogens (tertiary/aromatic N) is 1. The van der Waals surface area contributed by atoms with Crippen LogP contribution in [-0.2, 0) is 0 Å². The van der Waals surface area contributed by atoms with E-state index >= 15 is 0 Å². The van der Waals surface area contributed by atoms with E-state index in [1.54, 1.807) is 14.1 Å². The van der Waals surface area contributed by atoms with Gasteiger partial charge in [-0.05, 0) is 19.3 Å². The molecule has 1 rings (SSSR count). The van der Waals surface area contributed by atoms with E-state index in [1.165, 1.54) is 4.90 Å². The lowest BCUT2D eigenvalue weighted by Gasteiger charge is -2.14. The van der Waals surface area contributed by atoms with Crippen LogP contribution in [0.15, 0.2) is 0 Å². The van der Waals surface area contributed by atoms with E-state index in [9.17, 15) is 4.79 Å². The summed E-state index contributed by atoms with van der Waals surface area (Å²) in [7, 11) is 3.47. The summed E-state index contributed by atoms with van der Waals surface area (Å²) in [5.74, 6) is 0. The molecule has 0 aromatic heterocycles. The lowest BCUT2D eigenvalue weighted by Crippen LogP contribution is -2.40. The summed E-state index contributed by atoms with van der Waals surface area (Å²) in [4.78, 5) is 12.7. The van der Waals surface area contributed by atoms with Gasteiger partial charge in [-0.25, -0.2) is 4.79 Å². The Kier molecular flexibility index (Phi) is 4.84. The van der Waals surface area contributed by atoms with Crippen molar-refractivity contribution in [3.8, 4) is 0 Å². The first-order chi connectivity index (χ1) is 7.09. The molecule has 0 aliphatic heterocycles. The van der Waals surface area contributed by atoms with Gasteiger partial charge in [0.05, 0.1) is 0 Å². The van der Waals surface area contributed by atoms with Crippen LogP contribution in [0.3, 0.4) is 0 Å². The molecule has 1 aliphatic carbocycles. The van der Waals surface area contributed by atoms with Gasteiger partial charge in [-0.15, -0.1) is 0 Å². The van der Waals surface area contributed by atoms with Crippen molar-refractivity contribution in [1.29, 1.82) is 0 Å². The second-order valence-corrected chi connectivity index (χ2v) is 4.35. The zero-order valence-corrected chi connectivity index (χ0v) is 9.62. The van der Waals surface area contributed by atoms with E-state index in [-0.39, 0.29) is 6.03 Å². The maximum atomic E-state index is 11.2. The summed E-state index contributed by atoms with van der Waals surface area (Å²) >= 11 is 0. The number of carbonyl (C=O) groups excluding carboxylic acids is 1. The molecule has 0 saturated heterocycles. The highest BCUT2D eigenvalue weighted by Gasteiger charge is 2.20. The van der Waals surface area contributed by atoms with Gasteiger partial charge in [0, 0.05) is 39.3 Å². The van der Waals surface area contributed by atoms with Gasteiger partial charge in [0.2, 0.25) is 0 Å². The molecular formula is C10H22N4O. The molecule has 88 valence electrons. The first-order valence-corrected chi connectivity index (χ1v) is 5.53. The van der Waals surface area contributed by atoms with Gasteiger partial charge in [0.1, 0.15) is 0 Å². The predicted molar refractivity (Wildman–Crippen MR) is 60.7 cm³/mol. The Hall–Kier alpha value is -0.810. The van der Waals surface area contributed by atoms with Crippen molar-refractivity contribution in [2.75, 3.05) is 27.2 Å². The summed E-state index contributed by atoms with van der Waals surface area (Å²) in [6, 6.07) is 0.857. The molecule has 0 heterocycles. The summed E-state index contributed by atoms with van der Waals surface area (Å²) < 4.78 is 0. The Morgan fingerprint density at radius 2 is 2.13 bits per heavy atom. The highest BCUT2D eigenvalue weighted by Crippen LogP contribution is 2.16. The summed E-state index contributed by atoms with van der Waals surface area (Å²) in [5.41, 5.74) is 5.80. The molecule has 2 amide bonds. The minimum Gasteiger partial charge on any atom is -0.337 e. The topological polar surface area (TPSA) is 70.4 Å². The third kappa shape index (κ3) is 4.48. The van der Waals surface area contributed by atoms with Crippen LogP contribution in [-0.4, -0.2) is 50.2 Å². The lowest BCUT2D eigenvalue weighted by molar-refractivity contribution is 0.217. The molecule has 2 atom stereocenters. The molecule has 1 saturated carbocycles. The molecule has 1 fully saturated rings. The van der Waals surface area contributed by atoms with Gasteiger partial charge in [-0.1, -0.05) is 0 Å². The minimum absolute atomic E-state index is 0.0417. The van der Waals surface area contributed by atoms with Crippen LogP contribution in [0.1, 0.15) is 19.3 Å². The molecule has 5 heteroatoms. The number of urea groups is 1. The molecule has 1 aliphatic rings. The Morgan fingerprint density at radius 1 is 1.40 bits per heavy atom. The smallest absolute Gasteiger partial charge is 0.316 e. The van der Waals surface area contributed by atoms with Gasteiger partial charge < -0.3 is 21.3 Å². The Morgan fingerprint density at radius 3 is 2.67 bits per heavy atom. The second-order valence-electron chi connectivity index (χ2n) is 4.35. The standard InChI is InChI=1S/C10H22N4O/c1-14(2)10(15)13-6-5-12-9-4-3-8(11)7-9/h8-9,12H,3-7,11H2,1-2H3,(H,13,15). The fourth-order valence-electron chi connectivity index (χ4n) is 1.81. The second kappa shape index (κ2) is 5.92. The van der Waals surface area contributed by atoms with Crippen molar-refractivity contribution in [2.45, 2.75) is 31.3 Å². The maximum absolute atomic E-state index is 11.2. The summed E-state index contributed by atoms with van der Waals surface area (Å²) in [6.45, 7) is 1.49. The van der Waals surface area contributed by atoms with E-state index in [2.05, 4.69) is 10.6 Å². The molecule has 0 aromatic rings. The molecule has 0 bridgehead atoms. The van der Waals surface area contributed by atoms with Crippen LogP contribution < -0.4 is 16.4 Å². The zero-order chi connectivity index (χ0) is 11.3. The minimum atomic E-state index is -0.0417. The molecule has 4 N–H and O–H groups in total. The molecule has 0 aromatic carbocycles. The van der Waals surface area contributed by atoms with Crippen molar-refractivity contribution in [1.82, 2.24) is 15.5 Å². The van der Waals surface area contributed by atoms with Crippen LogP contribution in [0.2, 0.25) is 0 Å². The SMILES string of the molecule is CN(C)C(=O)NCCNC1CCC(N)C1. The van der Waals surface area contributed by atoms with E-state index in [0.717, 1.165) is 25.8 Å². The average Bonchev–Trinajstić information content (AvgIpc) is 2.58. The number of nitrogens with two attached hydrogens (primary N) is 1. The Balaban J connectivity index is 2.00. The normalized spacial score (nSPS) is 25.3. The molecule has 0 radical (unpaired) electrons. The largest absolute Gasteiger partial charge is 0.337 e. The van der Waals surface area contributed by atoms with Crippen LogP contribution in [0.25, 0.3) is 0 Å². The third-order valence-corrected chi connectivity index (χ3v) is 2.71. The molecule has 2 unspecified atom stereocenters.